The van der Waals surface area contributed by atoms with Crippen LogP contribution < -0.4 is 16.8 Å². The maximum absolute atomic E-state index is 5.72. The number of nitrogen functional groups attached to an aromatic ring is 2. The molecule has 0 saturated heterocycles. The fraction of sp³-hybridized carbons (Fsp3) is 0.500. The Bertz CT molecular complexity index is 321. The summed E-state index contributed by atoms with van der Waals surface area (Å²) in [6.45, 7) is 7.65. The molecule has 0 aromatic heterocycles. The highest BCUT2D eigenvalue weighted by Gasteiger charge is 2.06. The quantitative estimate of drug-likeness (QED) is 0.665. The van der Waals surface area contributed by atoms with Crippen LogP contribution in [0.2, 0.25) is 0 Å². The molecular weight excluding hydrogens is 186 g/mol. The molecule has 1 unspecified atom stereocenters. The molecule has 0 bridgehead atoms. The summed E-state index contributed by atoms with van der Waals surface area (Å²) < 4.78 is 0. The molecule has 15 heavy (non-hydrogen) atoms. The van der Waals surface area contributed by atoms with E-state index in [1.807, 2.05) is 18.2 Å². The summed E-state index contributed by atoms with van der Waals surface area (Å²) >= 11 is 0. The smallest absolute Gasteiger partial charge is 0.0568 e. The average molecular weight is 207 g/mol. The average Bonchev–Trinajstić information content (AvgIpc) is 2.19. The molecule has 0 saturated carbocycles. The summed E-state index contributed by atoms with van der Waals surface area (Å²) in [5, 5.41) is 3.36. The van der Waals surface area contributed by atoms with E-state index in [2.05, 4.69) is 26.1 Å². The van der Waals surface area contributed by atoms with Gasteiger partial charge in [0.2, 0.25) is 0 Å². The first-order valence-electron chi connectivity index (χ1n) is 5.39. The number of nitrogens with one attached hydrogen (secondary N) is 1. The maximum atomic E-state index is 5.72. The van der Waals surface area contributed by atoms with Crippen LogP contribution in [-0.2, 0) is 0 Å². The van der Waals surface area contributed by atoms with Gasteiger partial charge in [-0.3, -0.25) is 0 Å². The van der Waals surface area contributed by atoms with E-state index in [1.165, 1.54) is 0 Å². The summed E-state index contributed by atoms with van der Waals surface area (Å²) in [6, 6.07) is 5.67. The van der Waals surface area contributed by atoms with E-state index in [0.717, 1.165) is 12.2 Å². The molecule has 0 spiro atoms. The number of anilines is 3. The second kappa shape index (κ2) is 4.91. The Hall–Kier alpha value is -1.38. The Morgan fingerprint density at radius 1 is 1.13 bits per heavy atom. The van der Waals surface area contributed by atoms with Gasteiger partial charge in [0.25, 0.3) is 0 Å². The lowest BCUT2D eigenvalue weighted by atomic mass is 9.98. The lowest BCUT2D eigenvalue weighted by Crippen LogP contribution is -2.16. The standard InChI is InChI=1S/C12H21N3/c1-8(2)9(3)7-15-10-4-5-11(13)12(14)6-10/h4-6,8-9,15H,7,13-14H2,1-3H3. The van der Waals surface area contributed by atoms with Crippen molar-refractivity contribution >= 4 is 17.1 Å². The van der Waals surface area contributed by atoms with E-state index in [1.54, 1.807) is 0 Å². The Labute approximate surface area is 91.9 Å². The van der Waals surface area contributed by atoms with E-state index in [0.29, 0.717) is 23.2 Å². The maximum Gasteiger partial charge on any atom is 0.0568 e. The molecule has 1 rings (SSSR count). The molecule has 3 nitrogen and oxygen atoms in total. The number of hydrogen-bond donors (Lipinski definition) is 3. The van der Waals surface area contributed by atoms with Gasteiger partial charge < -0.3 is 16.8 Å². The second-order valence-electron chi connectivity index (χ2n) is 4.45. The molecule has 0 aliphatic rings. The van der Waals surface area contributed by atoms with E-state index in [4.69, 9.17) is 11.5 Å². The highest BCUT2D eigenvalue weighted by molar-refractivity contribution is 5.69. The number of rotatable bonds is 4. The van der Waals surface area contributed by atoms with Gasteiger partial charge in [-0.15, -0.1) is 0 Å². The van der Waals surface area contributed by atoms with Crippen molar-refractivity contribution in [1.82, 2.24) is 0 Å². The topological polar surface area (TPSA) is 64.1 Å². The van der Waals surface area contributed by atoms with Crippen LogP contribution in [-0.4, -0.2) is 6.54 Å². The van der Waals surface area contributed by atoms with Crippen LogP contribution in [0.1, 0.15) is 20.8 Å². The summed E-state index contributed by atoms with van der Waals surface area (Å²) in [5.74, 6) is 1.33. The fourth-order valence-electron chi connectivity index (χ4n) is 1.20. The highest BCUT2D eigenvalue weighted by atomic mass is 14.9. The van der Waals surface area contributed by atoms with Gasteiger partial charge in [-0.05, 0) is 30.0 Å². The lowest BCUT2D eigenvalue weighted by molar-refractivity contribution is 0.440. The monoisotopic (exact) mass is 207 g/mol. The van der Waals surface area contributed by atoms with E-state index >= 15 is 0 Å². The number of nitrogens with two attached hydrogens (primary N) is 2. The molecule has 3 heteroatoms. The molecule has 0 aliphatic carbocycles. The molecule has 1 aromatic carbocycles. The van der Waals surface area contributed by atoms with E-state index in [-0.39, 0.29) is 0 Å². The highest BCUT2D eigenvalue weighted by Crippen LogP contribution is 2.20. The zero-order chi connectivity index (χ0) is 11.4. The van der Waals surface area contributed by atoms with Crippen LogP contribution in [0, 0.1) is 11.8 Å². The summed E-state index contributed by atoms with van der Waals surface area (Å²) in [4.78, 5) is 0. The Morgan fingerprint density at radius 3 is 2.33 bits per heavy atom. The van der Waals surface area contributed by atoms with Crippen molar-refractivity contribution in [1.29, 1.82) is 0 Å². The SMILES string of the molecule is CC(C)C(C)CNc1ccc(N)c(N)c1. The van der Waals surface area contributed by atoms with Gasteiger partial charge in [0, 0.05) is 12.2 Å². The molecule has 0 heterocycles. The third-order valence-electron chi connectivity index (χ3n) is 2.85. The molecule has 5 N–H and O–H groups in total. The zero-order valence-corrected chi connectivity index (χ0v) is 9.75. The molecule has 1 atom stereocenters. The Kier molecular flexibility index (Phi) is 3.83. The van der Waals surface area contributed by atoms with Crippen molar-refractivity contribution in [2.45, 2.75) is 20.8 Å². The number of hydrogen-bond acceptors (Lipinski definition) is 3. The van der Waals surface area contributed by atoms with Crippen LogP contribution in [0.15, 0.2) is 18.2 Å². The van der Waals surface area contributed by atoms with Crippen molar-refractivity contribution in [3.63, 3.8) is 0 Å². The third-order valence-corrected chi connectivity index (χ3v) is 2.85. The van der Waals surface area contributed by atoms with Gasteiger partial charge in [0.1, 0.15) is 0 Å². The molecular formula is C12H21N3. The van der Waals surface area contributed by atoms with Crippen LogP contribution in [0.5, 0.6) is 0 Å². The van der Waals surface area contributed by atoms with E-state index < -0.39 is 0 Å². The molecule has 0 radical (unpaired) electrons. The minimum absolute atomic E-state index is 0.636. The van der Waals surface area contributed by atoms with Crippen LogP contribution >= 0.6 is 0 Å². The van der Waals surface area contributed by atoms with Crippen molar-refractivity contribution < 1.29 is 0 Å². The first kappa shape index (κ1) is 11.7. The Balaban J connectivity index is 2.55. The molecule has 0 amide bonds. The van der Waals surface area contributed by atoms with Crippen LogP contribution in [0.3, 0.4) is 0 Å². The minimum Gasteiger partial charge on any atom is -0.397 e. The van der Waals surface area contributed by atoms with Gasteiger partial charge in [-0.2, -0.15) is 0 Å². The van der Waals surface area contributed by atoms with Crippen LogP contribution in [0.4, 0.5) is 17.1 Å². The van der Waals surface area contributed by atoms with Crippen LogP contribution in [0.25, 0.3) is 0 Å². The second-order valence-corrected chi connectivity index (χ2v) is 4.45. The predicted molar refractivity (Wildman–Crippen MR) is 67.8 cm³/mol. The van der Waals surface area contributed by atoms with Crippen molar-refractivity contribution in [2.24, 2.45) is 11.8 Å². The minimum atomic E-state index is 0.636. The molecule has 1 aromatic rings. The predicted octanol–water partition coefficient (Wildman–Crippen LogP) is 2.55. The summed E-state index contributed by atoms with van der Waals surface area (Å²) in [6.07, 6.45) is 0. The van der Waals surface area contributed by atoms with Crippen molar-refractivity contribution in [2.75, 3.05) is 23.3 Å². The van der Waals surface area contributed by atoms with Crippen molar-refractivity contribution in [3.8, 4) is 0 Å². The molecule has 0 fully saturated rings. The zero-order valence-electron chi connectivity index (χ0n) is 9.75. The third kappa shape index (κ3) is 3.35. The number of benzene rings is 1. The van der Waals surface area contributed by atoms with E-state index in [9.17, 15) is 0 Å². The largest absolute Gasteiger partial charge is 0.397 e. The van der Waals surface area contributed by atoms with Gasteiger partial charge >= 0.3 is 0 Å². The van der Waals surface area contributed by atoms with Gasteiger partial charge in [-0.1, -0.05) is 20.8 Å². The first-order chi connectivity index (χ1) is 7.00. The first-order valence-corrected chi connectivity index (χ1v) is 5.39. The van der Waals surface area contributed by atoms with Gasteiger partial charge in [-0.25, -0.2) is 0 Å². The van der Waals surface area contributed by atoms with Crippen molar-refractivity contribution in [3.05, 3.63) is 18.2 Å². The fourth-order valence-corrected chi connectivity index (χ4v) is 1.20. The van der Waals surface area contributed by atoms with Gasteiger partial charge in [0.15, 0.2) is 0 Å². The normalized spacial score (nSPS) is 12.8. The van der Waals surface area contributed by atoms with Gasteiger partial charge in [0.05, 0.1) is 11.4 Å². The summed E-state index contributed by atoms with van der Waals surface area (Å²) in [7, 11) is 0. The lowest BCUT2D eigenvalue weighted by Gasteiger charge is -2.17. The Morgan fingerprint density at radius 2 is 1.80 bits per heavy atom. The summed E-state index contributed by atoms with van der Waals surface area (Å²) in [5.41, 5.74) is 13.7. The molecule has 84 valence electrons. The molecule has 0 aliphatic heterocycles.